The van der Waals surface area contributed by atoms with E-state index in [4.69, 9.17) is 0 Å². The normalized spacial score (nSPS) is 23.1. The molecule has 3 heteroatoms. The number of hydrogen-bond acceptors (Lipinski definition) is 3. The van der Waals surface area contributed by atoms with E-state index in [0.29, 0.717) is 17.5 Å². The summed E-state index contributed by atoms with van der Waals surface area (Å²) in [7, 11) is 0. The van der Waals surface area contributed by atoms with Gasteiger partial charge in [0.1, 0.15) is 0 Å². The van der Waals surface area contributed by atoms with Crippen LogP contribution in [0.3, 0.4) is 0 Å². The predicted octanol–water partition coefficient (Wildman–Crippen LogP) is 2.98. The van der Waals surface area contributed by atoms with Gasteiger partial charge in [-0.05, 0) is 25.2 Å². The smallest absolute Gasteiger partial charge is 0.0794 e. The first-order valence-corrected chi connectivity index (χ1v) is 6.09. The average Bonchev–Trinajstić information content (AvgIpc) is 2.51. The Hall–Kier alpha value is -0.410. The lowest BCUT2D eigenvalue weighted by Crippen LogP contribution is -2.46. The van der Waals surface area contributed by atoms with Gasteiger partial charge in [-0.3, -0.25) is 4.98 Å². The molecule has 1 aromatic rings. The van der Waals surface area contributed by atoms with Crippen LogP contribution in [0, 0.1) is 5.41 Å². The number of aromatic nitrogens is 1. The number of thiazole rings is 1. The maximum absolute atomic E-state index is 4.10. The van der Waals surface area contributed by atoms with Crippen LogP contribution in [-0.4, -0.2) is 11.0 Å². The lowest BCUT2D eigenvalue weighted by molar-refractivity contribution is 0.118. The van der Waals surface area contributed by atoms with Crippen LogP contribution in [0.25, 0.3) is 0 Å². The Labute approximate surface area is 89.8 Å². The lowest BCUT2D eigenvalue weighted by atomic mass is 9.68. The van der Waals surface area contributed by atoms with Crippen molar-refractivity contribution in [2.24, 2.45) is 5.41 Å². The third-order valence-electron chi connectivity index (χ3n) is 2.96. The number of hydrogen-bond donors (Lipinski definition) is 1. The molecule has 0 aromatic carbocycles. The zero-order valence-electron chi connectivity index (χ0n) is 9.08. The highest BCUT2D eigenvalue weighted by molar-refractivity contribution is 7.09. The highest BCUT2D eigenvalue weighted by Gasteiger charge is 2.36. The fraction of sp³-hybridized carbons (Fsp3) is 0.727. The van der Waals surface area contributed by atoms with Crippen LogP contribution in [-0.2, 0) is 0 Å². The van der Waals surface area contributed by atoms with Gasteiger partial charge in [-0.1, -0.05) is 13.8 Å². The summed E-state index contributed by atoms with van der Waals surface area (Å²) in [5, 5.41) is 3.64. The molecule has 1 unspecified atom stereocenters. The van der Waals surface area contributed by atoms with Crippen molar-refractivity contribution in [2.45, 2.75) is 45.7 Å². The van der Waals surface area contributed by atoms with Crippen LogP contribution in [0.1, 0.15) is 44.5 Å². The van der Waals surface area contributed by atoms with Gasteiger partial charge in [0.05, 0.1) is 5.51 Å². The molecular weight excluding hydrogens is 192 g/mol. The molecule has 1 atom stereocenters. The Morgan fingerprint density at radius 3 is 2.79 bits per heavy atom. The fourth-order valence-corrected chi connectivity index (χ4v) is 2.90. The minimum absolute atomic E-state index is 0.462. The number of nitrogens with one attached hydrogen (secondary N) is 1. The number of rotatable bonds is 3. The molecule has 1 aromatic heterocycles. The maximum atomic E-state index is 4.10. The molecular formula is C11H18N2S. The van der Waals surface area contributed by atoms with Crippen LogP contribution >= 0.6 is 11.3 Å². The summed E-state index contributed by atoms with van der Waals surface area (Å²) in [5.41, 5.74) is 2.46. The van der Waals surface area contributed by atoms with E-state index >= 15 is 0 Å². The summed E-state index contributed by atoms with van der Waals surface area (Å²) in [6, 6.07) is 1.17. The molecule has 1 aliphatic rings. The quantitative estimate of drug-likeness (QED) is 0.829. The zero-order chi connectivity index (χ0) is 10.2. The Morgan fingerprint density at radius 2 is 2.29 bits per heavy atom. The molecule has 1 N–H and O–H groups in total. The van der Waals surface area contributed by atoms with Crippen molar-refractivity contribution >= 4 is 11.3 Å². The molecule has 1 heterocycles. The molecule has 0 aliphatic heterocycles. The monoisotopic (exact) mass is 210 g/mol. The van der Waals surface area contributed by atoms with E-state index in [1.807, 2.05) is 11.7 Å². The van der Waals surface area contributed by atoms with Crippen LogP contribution < -0.4 is 5.32 Å². The van der Waals surface area contributed by atoms with E-state index in [9.17, 15) is 0 Å². The molecule has 0 bridgehead atoms. The second-order valence-corrected chi connectivity index (χ2v) is 5.98. The van der Waals surface area contributed by atoms with E-state index in [2.05, 4.69) is 31.1 Å². The van der Waals surface area contributed by atoms with Gasteiger partial charge < -0.3 is 5.32 Å². The molecule has 2 rings (SSSR count). The first-order valence-electron chi connectivity index (χ1n) is 5.21. The van der Waals surface area contributed by atoms with Gasteiger partial charge in [0.15, 0.2) is 0 Å². The molecule has 0 spiro atoms. The van der Waals surface area contributed by atoms with Crippen molar-refractivity contribution in [2.75, 3.05) is 0 Å². The van der Waals surface area contributed by atoms with Gasteiger partial charge in [0.2, 0.25) is 0 Å². The lowest BCUT2D eigenvalue weighted by Gasteiger charge is -2.44. The van der Waals surface area contributed by atoms with Gasteiger partial charge in [-0.15, -0.1) is 11.3 Å². The topological polar surface area (TPSA) is 24.9 Å². The van der Waals surface area contributed by atoms with Crippen molar-refractivity contribution < 1.29 is 0 Å². The minimum Gasteiger partial charge on any atom is -0.307 e. The van der Waals surface area contributed by atoms with E-state index < -0.39 is 0 Å². The summed E-state index contributed by atoms with van der Waals surface area (Å²) in [6.07, 6.45) is 4.57. The van der Waals surface area contributed by atoms with Crippen LogP contribution in [0.4, 0.5) is 0 Å². The van der Waals surface area contributed by atoms with Crippen molar-refractivity contribution in [3.05, 3.63) is 16.6 Å². The van der Waals surface area contributed by atoms with Gasteiger partial charge in [-0.2, -0.15) is 0 Å². The summed E-state index contributed by atoms with van der Waals surface area (Å²) in [5.74, 6) is 0. The molecule has 1 saturated carbocycles. The molecule has 78 valence electrons. The third kappa shape index (κ3) is 2.15. The minimum atomic E-state index is 0.462. The van der Waals surface area contributed by atoms with Crippen LogP contribution in [0.5, 0.6) is 0 Å². The summed E-state index contributed by atoms with van der Waals surface area (Å²) in [4.78, 5) is 5.44. The molecule has 14 heavy (non-hydrogen) atoms. The summed E-state index contributed by atoms with van der Waals surface area (Å²) in [6.45, 7) is 6.89. The Kier molecular flexibility index (Phi) is 2.62. The highest BCUT2D eigenvalue weighted by atomic mass is 32.1. The van der Waals surface area contributed by atoms with Crippen molar-refractivity contribution in [1.82, 2.24) is 10.3 Å². The van der Waals surface area contributed by atoms with Gasteiger partial charge in [0.25, 0.3) is 0 Å². The molecule has 0 radical (unpaired) electrons. The van der Waals surface area contributed by atoms with Gasteiger partial charge >= 0.3 is 0 Å². The van der Waals surface area contributed by atoms with Crippen molar-refractivity contribution in [3.8, 4) is 0 Å². The van der Waals surface area contributed by atoms with E-state index in [0.717, 1.165) is 0 Å². The van der Waals surface area contributed by atoms with Gasteiger partial charge in [-0.25, -0.2) is 0 Å². The second-order valence-electron chi connectivity index (χ2n) is 5.06. The molecule has 0 amide bonds. The van der Waals surface area contributed by atoms with E-state index in [1.165, 1.54) is 17.7 Å². The SMILES string of the molecule is CC(NC1CC(C)(C)C1)c1cncs1. The fourth-order valence-electron chi connectivity index (χ4n) is 2.27. The summed E-state index contributed by atoms with van der Waals surface area (Å²) < 4.78 is 0. The largest absolute Gasteiger partial charge is 0.307 e. The molecule has 1 aliphatic carbocycles. The standard InChI is InChI=1S/C11H18N2S/c1-8(10-6-12-7-14-10)13-9-4-11(2,3)5-9/h6-9,13H,4-5H2,1-3H3. The van der Waals surface area contributed by atoms with E-state index in [-0.39, 0.29) is 0 Å². The third-order valence-corrected chi connectivity index (χ3v) is 3.92. The predicted molar refractivity (Wildman–Crippen MR) is 60.5 cm³/mol. The van der Waals surface area contributed by atoms with Crippen molar-refractivity contribution in [1.29, 1.82) is 0 Å². The van der Waals surface area contributed by atoms with Crippen molar-refractivity contribution in [3.63, 3.8) is 0 Å². The molecule has 1 fully saturated rings. The second kappa shape index (κ2) is 3.63. The molecule has 2 nitrogen and oxygen atoms in total. The number of nitrogens with zero attached hydrogens (tertiary/aromatic N) is 1. The maximum Gasteiger partial charge on any atom is 0.0794 e. The van der Waals surface area contributed by atoms with Gasteiger partial charge in [0, 0.05) is 23.2 Å². The Morgan fingerprint density at radius 1 is 1.57 bits per heavy atom. The summed E-state index contributed by atoms with van der Waals surface area (Å²) >= 11 is 1.73. The van der Waals surface area contributed by atoms with Crippen LogP contribution in [0.15, 0.2) is 11.7 Å². The Bertz CT molecular complexity index is 284. The zero-order valence-corrected chi connectivity index (χ0v) is 9.90. The van der Waals surface area contributed by atoms with E-state index in [1.54, 1.807) is 11.3 Å². The van der Waals surface area contributed by atoms with Crippen LogP contribution in [0.2, 0.25) is 0 Å². The first-order chi connectivity index (χ1) is 6.57. The average molecular weight is 210 g/mol. The first kappa shape index (κ1) is 10.1. The molecule has 0 saturated heterocycles. The highest BCUT2D eigenvalue weighted by Crippen LogP contribution is 2.40. The Balaban J connectivity index is 1.82.